The van der Waals surface area contributed by atoms with E-state index >= 15 is 0 Å². The highest BCUT2D eigenvalue weighted by molar-refractivity contribution is 9.09. The second kappa shape index (κ2) is 4.15. The normalized spacial score (nSPS) is 12.9. The van der Waals surface area contributed by atoms with Crippen molar-refractivity contribution >= 4 is 27.5 Å². The van der Waals surface area contributed by atoms with Crippen LogP contribution in [0.5, 0.6) is 5.75 Å². The zero-order chi connectivity index (χ0) is 9.14. The van der Waals surface area contributed by atoms with Gasteiger partial charge in [0, 0.05) is 15.4 Å². The Labute approximate surface area is 85.5 Å². The van der Waals surface area contributed by atoms with Crippen LogP contribution in [-0.4, -0.2) is 9.93 Å². The molecule has 0 radical (unpaired) electrons. The molecule has 0 aliphatic carbocycles. The van der Waals surface area contributed by atoms with E-state index in [0.29, 0.717) is 9.85 Å². The Morgan fingerprint density at radius 1 is 1.58 bits per heavy atom. The number of benzene rings is 1. The van der Waals surface area contributed by atoms with E-state index in [4.69, 9.17) is 11.6 Å². The largest absolute Gasteiger partial charge is 0.508 e. The molecule has 1 unspecified atom stereocenters. The van der Waals surface area contributed by atoms with Gasteiger partial charge in [0.15, 0.2) is 0 Å². The smallest absolute Gasteiger partial charge is 0.120 e. The van der Waals surface area contributed by atoms with E-state index < -0.39 is 0 Å². The Morgan fingerprint density at radius 2 is 2.25 bits per heavy atom. The molecule has 1 aromatic rings. The number of halogens is 2. The van der Waals surface area contributed by atoms with Crippen LogP contribution < -0.4 is 0 Å². The molecular weight excluding hydrogens is 239 g/mol. The molecule has 1 atom stereocenters. The quantitative estimate of drug-likeness (QED) is 0.797. The number of phenolic OH excluding ortho intramolecular Hbond substituents is 1. The summed E-state index contributed by atoms with van der Waals surface area (Å²) in [7, 11) is 0. The first-order chi connectivity index (χ1) is 5.61. The molecule has 3 heteroatoms. The Balaban J connectivity index is 2.96. The van der Waals surface area contributed by atoms with Crippen molar-refractivity contribution in [2.24, 2.45) is 0 Å². The predicted molar refractivity (Wildman–Crippen MR) is 55.2 cm³/mol. The van der Waals surface area contributed by atoms with Crippen LogP contribution in [0.25, 0.3) is 0 Å². The molecule has 0 fully saturated rings. The number of hydrogen-bond acceptors (Lipinski definition) is 1. The molecule has 66 valence electrons. The van der Waals surface area contributed by atoms with Gasteiger partial charge >= 0.3 is 0 Å². The van der Waals surface area contributed by atoms with Crippen LogP contribution in [0.1, 0.15) is 12.5 Å². The van der Waals surface area contributed by atoms with Crippen LogP contribution >= 0.6 is 27.5 Å². The van der Waals surface area contributed by atoms with Crippen LogP contribution in [0.2, 0.25) is 5.02 Å². The molecule has 0 aliphatic heterocycles. The molecule has 1 aromatic carbocycles. The van der Waals surface area contributed by atoms with E-state index in [-0.39, 0.29) is 5.75 Å². The Hall–Kier alpha value is -0.210. The van der Waals surface area contributed by atoms with Crippen molar-refractivity contribution in [2.75, 3.05) is 0 Å². The lowest BCUT2D eigenvalue weighted by Gasteiger charge is -2.07. The summed E-state index contributed by atoms with van der Waals surface area (Å²) in [4.78, 5) is 0.322. The summed E-state index contributed by atoms with van der Waals surface area (Å²) < 4.78 is 0. The van der Waals surface area contributed by atoms with E-state index in [1.54, 1.807) is 18.2 Å². The fourth-order valence-electron chi connectivity index (χ4n) is 1.03. The minimum Gasteiger partial charge on any atom is -0.508 e. The number of hydrogen-bond donors (Lipinski definition) is 1. The van der Waals surface area contributed by atoms with Gasteiger partial charge < -0.3 is 5.11 Å². The topological polar surface area (TPSA) is 20.2 Å². The zero-order valence-corrected chi connectivity index (χ0v) is 9.06. The number of alkyl halides is 1. The molecule has 0 aliphatic rings. The first-order valence-electron chi connectivity index (χ1n) is 3.71. The molecule has 0 spiro atoms. The van der Waals surface area contributed by atoms with Gasteiger partial charge in [-0.1, -0.05) is 40.5 Å². The van der Waals surface area contributed by atoms with E-state index in [9.17, 15) is 5.11 Å². The zero-order valence-electron chi connectivity index (χ0n) is 6.72. The molecule has 0 bridgehead atoms. The number of phenols is 1. The summed E-state index contributed by atoms with van der Waals surface area (Å²) in [6.07, 6.45) is 0.742. The van der Waals surface area contributed by atoms with E-state index in [1.807, 2.05) is 6.92 Å². The molecular formula is C9H10BrClO. The van der Waals surface area contributed by atoms with Gasteiger partial charge in [-0.25, -0.2) is 0 Å². The summed E-state index contributed by atoms with van der Waals surface area (Å²) >= 11 is 9.30. The van der Waals surface area contributed by atoms with Crippen LogP contribution in [0.3, 0.4) is 0 Å². The molecule has 0 heterocycles. The lowest BCUT2D eigenvalue weighted by atomic mass is 10.1. The van der Waals surface area contributed by atoms with E-state index in [1.165, 1.54) is 0 Å². The monoisotopic (exact) mass is 248 g/mol. The Morgan fingerprint density at radius 3 is 2.75 bits per heavy atom. The van der Waals surface area contributed by atoms with Gasteiger partial charge in [0.1, 0.15) is 5.75 Å². The highest BCUT2D eigenvalue weighted by atomic mass is 79.9. The fourth-order valence-corrected chi connectivity index (χ4v) is 1.60. The molecule has 1 N–H and O–H groups in total. The Kier molecular flexibility index (Phi) is 3.41. The van der Waals surface area contributed by atoms with Crippen molar-refractivity contribution in [1.82, 2.24) is 0 Å². The third-order valence-electron chi connectivity index (χ3n) is 1.58. The molecule has 1 nitrogen and oxygen atoms in total. The van der Waals surface area contributed by atoms with Crippen molar-refractivity contribution in [1.29, 1.82) is 0 Å². The van der Waals surface area contributed by atoms with Gasteiger partial charge in [-0.15, -0.1) is 0 Å². The fraction of sp³-hybridized carbons (Fsp3) is 0.333. The molecule has 0 aromatic heterocycles. The predicted octanol–water partition coefficient (Wildman–Crippen LogP) is 3.37. The van der Waals surface area contributed by atoms with Gasteiger partial charge in [0.05, 0.1) is 0 Å². The summed E-state index contributed by atoms with van der Waals surface area (Å²) in [5.41, 5.74) is 0.809. The maximum Gasteiger partial charge on any atom is 0.120 e. The lowest BCUT2D eigenvalue weighted by Crippen LogP contribution is -1.97. The van der Waals surface area contributed by atoms with Crippen molar-refractivity contribution in [3.05, 3.63) is 28.8 Å². The number of rotatable bonds is 2. The minimum atomic E-state index is 0.272. The van der Waals surface area contributed by atoms with Crippen molar-refractivity contribution in [3.8, 4) is 5.75 Å². The van der Waals surface area contributed by atoms with Crippen LogP contribution in [0.4, 0.5) is 0 Å². The Bertz CT molecular complexity index is 253. The van der Waals surface area contributed by atoms with Crippen molar-refractivity contribution in [3.63, 3.8) is 0 Å². The van der Waals surface area contributed by atoms with Crippen LogP contribution in [-0.2, 0) is 6.42 Å². The second-order valence-electron chi connectivity index (χ2n) is 2.72. The molecule has 1 rings (SSSR count). The van der Waals surface area contributed by atoms with Crippen molar-refractivity contribution in [2.45, 2.75) is 18.2 Å². The lowest BCUT2D eigenvalue weighted by molar-refractivity contribution is 0.468. The van der Waals surface area contributed by atoms with Gasteiger partial charge in [-0.2, -0.15) is 0 Å². The highest BCUT2D eigenvalue weighted by Crippen LogP contribution is 2.27. The van der Waals surface area contributed by atoms with Crippen molar-refractivity contribution < 1.29 is 5.11 Å². The highest BCUT2D eigenvalue weighted by Gasteiger charge is 2.07. The van der Waals surface area contributed by atoms with E-state index in [2.05, 4.69) is 15.9 Å². The summed E-state index contributed by atoms with van der Waals surface area (Å²) in [6, 6.07) is 5.17. The molecule has 12 heavy (non-hydrogen) atoms. The maximum absolute atomic E-state index is 9.43. The average Bonchev–Trinajstić information content (AvgIpc) is 1.97. The summed E-state index contributed by atoms with van der Waals surface area (Å²) in [6.45, 7) is 2.02. The van der Waals surface area contributed by atoms with Gasteiger partial charge in [-0.3, -0.25) is 0 Å². The first-order valence-corrected chi connectivity index (χ1v) is 5.01. The average molecular weight is 250 g/mol. The standard InChI is InChI=1S/C9H10BrClO/c1-6(10)5-7-8(11)3-2-4-9(7)12/h2-4,6,12H,5H2,1H3. The third-order valence-corrected chi connectivity index (χ3v) is 2.26. The van der Waals surface area contributed by atoms with Gasteiger partial charge in [0.25, 0.3) is 0 Å². The van der Waals surface area contributed by atoms with E-state index in [0.717, 1.165) is 12.0 Å². The summed E-state index contributed by atoms with van der Waals surface area (Å²) in [5.74, 6) is 0.272. The minimum absolute atomic E-state index is 0.272. The number of aromatic hydroxyl groups is 1. The molecule has 0 amide bonds. The third kappa shape index (κ3) is 2.39. The second-order valence-corrected chi connectivity index (χ2v) is 4.69. The van der Waals surface area contributed by atoms with Crippen LogP contribution in [0.15, 0.2) is 18.2 Å². The maximum atomic E-state index is 9.43. The van der Waals surface area contributed by atoms with Gasteiger partial charge in [-0.05, 0) is 18.6 Å². The SMILES string of the molecule is CC(Br)Cc1c(O)cccc1Cl. The molecule has 0 saturated heterocycles. The molecule has 0 saturated carbocycles. The van der Waals surface area contributed by atoms with Gasteiger partial charge in [0.2, 0.25) is 0 Å². The summed E-state index contributed by atoms with van der Waals surface area (Å²) in [5, 5.41) is 10.1. The van der Waals surface area contributed by atoms with Crippen LogP contribution in [0, 0.1) is 0 Å². The first kappa shape index (κ1) is 9.87.